The Labute approximate surface area is 104 Å². The molecule has 0 fully saturated rings. The zero-order valence-electron chi connectivity index (χ0n) is 10.00. The van der Waals surface area contributed by atoms with Gasteiger partial charge in [0.15, 0.2) is 0 Å². The Hall–Kier alpha value is -2.20. The van der Waals surface area contributed by atoms with E-state index < -0.39 is 0 Å². The molecule has 3 aromatic rings. The fraction of sp³-hybridized carbons (Fsp3) is 0.143. The Balaban J connectivity index is 2.07. The number of benzene rings is 1. The number of furan rings is 1. The molecule has 0 spiro atoms. The quantitative estimate of drug-likeness (QED) is 0.746. The number of hydrogen-bond acceptors (Lipinski definition) is 4. The lowest BCUT2D eigenvalue weighted by molar-refractivity contribution is 0.491. The molecule has 2 aromatic heterocycles. The Bertz CT molecular complexity index is 688. The standard InChI is InChI=1S/C14H13N3O/c1-9(15)13-4-5-14(18-13)10-2-3-11-12(8-10)17-7-6-16-11/h2-9H,15H2,1H3. The molecule has 1 aromatic carbocycles. The van der Waals surface area contributed by atoms with Gasteiger partial charge in [-0.15, -0.1) is 0 Å². The maximum Gasteiger partial charge on any atom is 0.134 e. The lowest BCUT2D eigenvalue weighted by Gasteiger charge is -2.01. The zero-order chi connectivity index (χ0) is 12.5. The first-order valence-electron chi connectivity index (χ1n) is 5.80. The topological polar surface area (TPSA) is 64.9 Å². The van der Waals surface area contributed by atoms with Crippen LogP contribution in [0.1, 0.15) is 18.7 Å². The molecular weight excluding hydrogens is 226 g/mol. The first-order valence-corrected chi connectivity index (χ1v) is 5.80. The van der Waals surface area contributed by atoms with Crippen LogP contribution in [0.25, 0.3) is 22.4 Å². The van der Waals surface area contributed by atoms with Crippen molar-refractivity contribution in [3.8, 4) is 11.3 Å². The van der Waals surface area contributed by atoms with Crippen molar-refractivity contribution < 1.29 is 4.42 Å². The normalized spacial score (nSPS) is 12.8. The van der Waals surface area contributed by atoms with Gasteiger partial charge in [-0.05, 0) is 37.3 Å². The van der Waals surface area contributed by atoms with E-state index in [9.17, 15) is 0 Å². The molecule has 90 valence electrons. The van der Waals surface area contributed by atoms with Gasteiger partial charge in [0, 0.05) is 18.0 Å². The SMILES string of the molecule is CC(N)c1ccc(-c2ccc3nccnc3c2)o1. The average Bonchev–Trinajstić information content (AvgIpc) is 2.88. The summed E-state index contributed by atoms with van der Waals surface area (Å²) >= 11 is 0. The first kappa shape index (κ1) is 10.9. The molecule has 0 aliphatic heterocycles. The van der Waals surface area contributed by atoms with Crippen molar-refractivity contribution in [2.75, 3.05) is 0 Å². The molecule has 2 heterocycles. The third-order valence-electron chi connectivity index (χ3n) is 2.83. The third-order valence-corrected chi connectivity index (χ3v) is 2.83. The highest BCUT2D eigenvalue weighted by molar-refractivity contribution is 5.79. The molecule has 0 aliphatic carbocycles. The van der Waals surface area contributed by atoms with Crippen LogP contribution in [-0.2, 0) is 0 Å². The van der Waals surface area contributed by atoms with Crippen LogP contribution in [-0.4, -0.2) is 9.97 Å². The fourth-order valence-electron chi connectivity index (χ4n) is 1.87. The first-order chi connectivity index (χ1) is 8.74. The largest absolute Gasteiger partial charge is 0.459 e. The van der Waals surface area contributed by atoms with Crippen molar-refractivity contribution in [1.82, 2.24) is 9.97 Å². The van der Waals surface area contributed by atoms with Crippen molar-refractivity contribution in [2.24, 2.45) is 5.73 Å². The van der Waals surface area contributed by atoms with E-state index >= 15 is 0 Å². The molecule has 3 rings (SSSR count). The van der Waals surface area contributed by atoms with Gasteiger partial charge in [-0.25, -0.2) is 0 Å². The van der Waals surface area contributed by atoms with Gasteiger partial charge < -0.3 is 10.2 Å². The summed E-state index contributed by atoms with van der Waals surface area (Å²) in [5.41, 5.74) is 8.49. The lowest BCUT2D eigenvalue weighted by atomic mass is 10.1. The number of aromatic nitrogens is 2. The van der Waals surface area contributed by atoms with E-state index in [2.05, 4.69) is 9.97 Å². The van der Waals surface area contributed by atoms with E-state index in [0.717, 1.165) is 28.1 Å². The van der Waals surface area contributed by atoms with Gasteiger partial charge in [0.05, 0.1) is 17.1 Å². The second kappa shape index (κ2) is 4.23. The molecule has 18 heavy (non-hydrogen) atoms. The molecule has 0 bridgehead atoms. The summed E-state index contributed by atoms with van der Waals surface area (Å²) in [5, 5.41) is 0. The van der Waals surface area contributed by atoms with Crippen LogP contribution in [0, 0.1) is 0 Å². The van der Waals surface area contributed by atoms with E-state index in [1.807, 2.05) is 37.3 Å². The molecule has 2 N–H and O–H groups in total. The van der Waals surface area contributed by atoms with Crippen LogP contribution in [0.15, 0.2) is 47.1 Å². The van der Waals surface area contributed by atoms with Crippen LogP contribution < -0.4 is 5.73 Å². The molecule has 1 atom stereocenters. The van der Waals surface area contributed by atoms with Gasteiger partial charge in [0.2, 0.25) is 0 Å². The highest BCUT2D eigenvalue weighted by Crippen LogP contribution is 2.26. The van der Waals surface area contributed by atoms with E-state index in [1.54, 1.807) is 12.4 Å². The smallest absolute Gasteiger partial charge is 0.134 e. The van der Waals surface area contributed by atoms with Gasteiger partial charge in [0.25, 0.3) is 0 Å². The van der Waals surface area contributed by atoms with Crippen LogP contribution in [0.3, 0.4) is 0 Å². The minimum atomic E-state index is -0.0981. The summed E-state index contributed by atoms with van der Waals surface area (Å²) < 4.78 is 5.71. The van der Waals surface area contributed by atoms with Gasteiger partial charge in [-0.3, -0.25) is 9.97 Å². The van der Waals surface area contributed by atoms with Gasteiger partial charge in [-0.2, -0.15) is 0 Å². The molecule has 0 saturated carbocycles. The average molecular weight is 239 g/mol. The molecular formula is C14H13N3O. The van der Waals surface area contributed by atoms with Crippen molar-refractivity contribution >= 4 is 11.0 Å². The van der Waals surface area contributed by atoms with Crippen LogP contribution in [0.2, 0.25) is 0 Å². The number of nitrogens with two attached hydrogens (primary N) is 1. The Morgan fingerprint density at radius 3 is 2.56 bits per heavy atom. The number of rotatable bonds is 2. The van der Waals surface area contributed by atoms with Crippen LogP contribution >= 0.6 is 0 Å². The van der Waals surface area contributed by atoms with Crippen LogP contribution in [0.4, 0.5) is 0 Å². The zero-order valence-corrected chi connectivity index (χ0v) is 10.00. The second-order valence-corrected chi connectivity index (χ2v) is 4.25. The van der Waals surface area contributed by atoms with Gasteiger partial charge >= 0.3 is 0 Å². The van der Waals surface area contributed by atoms with Gasteiger partial charge in [-0.1, -0.05) is 0 Å². The maximum absolute atomic E-state index is 5.78. The lowest BCUT2D eigenvalue weighted by Crippen LogP contribution is -2.02. The molecule has 0 amide bonds. The fourth-order valence-corrected chi connectivity index (χ4v) is 1.87. The minimum absolute atomic E-state index is 0.0981. The van der Waals surface area contributed by atoms with Crippen LogP contribution in [0.5, 0.6) is 0 Å². The molecule has 4 heteroatoms. The number of nitrogens with zero attached hydrogens (tertiary/aromatic N) is 2. The van der Waals surface area contributed by atoms with E-state index in [-0.39, 0.29) is 6.04 Å². The highest BCUT2D eigenvalue weighted by atomic mass is 16.3. The predicted molar refractivity (Wildman–Crippen MR) is 69.8 cm³/mol. The van der Waals surface area contributed by atoms with Gasteiger partial charge in [0.1, 0.15) is 11.5 Å². The van der Waals surface area contributed by atoms with E-state index in [4.69, 9.17) is 10.2 Å². The highest BCUT2D eigenvalue weighted by Gasteiger charge is 2.08. The number of fused-ring (bicyclic) bond motifs is 1. The summed E-state index contributed by atoms with van der Waals surface area (Å²) in [5.74, 6) is 1.58. The van der Waals surface area contributed by atoms with Crippen molar-refractivity contribution in [1.29, 1.82) is 0 Å². The molecule has 1 unspecified atom stereocenters. The van der Waals surface area contributed by atoms with E-state index in [0.29, 0.717) is 0 Å². The summed E-state index contributed by atoms with van der Waals surface area (Å²) in [6.07, 6.45) is 3.37. The summed E-state index contributed by atoms with van der Waals surface area (Å²) in [6, 6.07) is 9.61. The Kier molecular flexibility index (Phi) is 2.57. The summed E-state index contributed by atoms with van der Waals surface area (Å²) in [4.78, 5) is 8.52. The Morgan fingerprint density at radius 1 is 1.06 bits per heavy atom. The maximum atomic E-state index is 5.78. The monoisotopic (exact) mass is 239 g/mol. The molecule has 0 radical (unpaired) electrons. The van der Waals surface area contributed by atoms with Crippen molar-refractivity contribution in [3.05, 3.63) is 48.5 Å². The minimum Gasteiger partial charge on any atom is -0.459 e. The summed E-state index contributed by atoms with van der Waals surface area (Å²) in [7, 11) is 0. The number of hydrogen-bond donors (Lipinski definition) is 1. The van der Waals surface area contributed by atoms with E-state index in [1.165, 1.54) is 0 Å². The van der Waals surface area contributed by atoms with Crippen molar-refractivity contribution in [3.63, 3.8) is 0 Å². The second-order valence-electron chi connectivity index (χ2n) is 4.25. The van der Waals surface area contributed by atoms with Crippen molar-refractivity contribution in [2.45, 2.75) is 13.0 Å². The summed E-state index contributed by atoms with van der Waals surface area (Å²) in [6.45, 7) is 1.90. The molecule has 0 aliphatic rings. The third kappa shape index (κ3) is 1.87. The Morgan fingerprint density at radius 2 is 1.83 bits per heavy atom. The predicted octanol–water partition coefficient (Wildman–Crippen LogP) is 2.91. The molecule has 0 saturated heterocycles. The molecule has 4 nitrogen and oxygen atoms in total.